The first kappa shape index (κ1) is 14.2. The van der Waals surface area contributed by atoms with E-state index in [1.807, 2.05) is 0 Å². The predicted octanol–water partition coefficient (Wildman–Crippen LogP) is 3.42. The first-order valence-electron chi connectivity index (χ1n) is 6.82. The van der Waals surface area contributed by atoms with E-state index in [1.165, 1.54) is 39.0 Å². The fourth-order valence-corrected chi connectivity index (χ4v) is 2.79. The number of carboxylic acids is 1. The van der Waals surface area contributed by atoms with Gasteiger partial charge in [0.2, 0.25) is 0 Å². The minimum atomic E-state index is -0.816. The van der Waals surface area contributed by atoms with Crippen molar-refractivity contribution in [3.05, 3.63) is 0 Å². The van der Waals surface area contributed by atoms with Crippen molar-refractivity contribution in [1.29, 1.82) is 0 Å². The number of rotatable bonds is 7. The molecule has 3 heteroatoms. The highest BCUT2D eigenvalue weighted by Crippen LogP contribution is 2.28. The van der Waals surface area contributed by atoms with Crippen LogP contribution in [0.5, 0.6) is 0 Å². The first-order chi connectivity index (χ1) is 8.09. The molecule has 1 atom stereocenters. The van der Waals surface area contributed by atoms with Crippen LogP contribution < -0.4 is 0 Å². The molecule has 0 amide bonds. The van der Waals surface area contributed by atoms with Crippen molar-refractivity contribution in [1.82, 2.24) is 0 Å². The summed E-state index contributed by atoms with van der Waals surface area (Å²) in [5, 5.41) is 9.01. The Balaban J connectivity index is 2.21. The topological polar surface area (TPSA) is 54.4 Å². The van der Waals surface area contributed by atoms with Crippen LogP contribution in [0.25, 0.3) is 0 Å². The molecule has 3 nitrogen and oxygen atoms in total. The summed E-state index contributed by atoms with van der Waals surface area (Å²) in [7, 11) is 0. The molecular formula is C14H24O3. The molecule has 0 aromatic heterocycles. The average Bonchev–Trinajstić information content (AvgIpc) is 2.28. The highest BCUT2D eigenvalue weighted by Gasteiger charge is 2.20. The minimum absolute atomic E-state index is 0.0185. The predicted molar refractivity (Wildman–Crippen MR) is 66.8 cm³/mol. The summed E-state index contributed by atoms with van der Waals surface area (Å²) >= 11 is 0. The first-order valence-corrected chi connectivity index (χ1v) is 6.82. The SMILES string of the molecule is CC(=O)C[C@@H](CCCC1CCCCC1)C(=O)O. The lowest BCUT2D eigenvalue weighted by molar-refractivity contribution is -0.143. The Morgan fingerprint density at radius 2 is 1.88 bits per heavy atom. The number of carbonyl (C=O) groups excluding carboxylic acids is 1. The van der Waals surface area contributed by atoms with E-state index in [0.29, 0.717) is 6.42 Å². The molecule has 1 saturated carbocycles. The molecule has 0 spiro atoms. The van der Waals surface area contributed by atoms with Gasteiger partial charge in [0.05, 0.1) is 5.92 Å². The molecule has 0 aromatic carbocycles. The van der Waals surface area contributed by atoms with Gasteiger partial charge in [-0.25, -0.2) is 0 Å². The summed E-state index contributed by atoms with van der Waals surface area (Å²) < 4.78 is 0. The molecule has 98 valence electrons. The van der Waals surface area contributed by atoms with E-state index in [2.05, 4.69) is 0 Å². The van der Waals surface area contributed by atoms with E-state index in [9.17, 15) is 9.59 Å². The van der Waals surface area contributed by atoms with Gasteiger partial charge < -0.3 is 9.90 Å². The quantitative estimate of drug-likeness (QED) is 0.741. The third-order valence-electron chi connectivity index (χ3n) is 3.77. The summed E-state index contributed by atoms with van der Waals surface area (Å²) in [6.45, 7) is 1.47. The van der Waals surface area contributed by atoms with Crippen molar-refractivity contribution in [2.45, 2.75) is 64.7 Å². The molecule has 1 fully saturated rings. The Morgan fingerprint density at radius 3 is 2.41 bits per heavy atom. The van der Waals surface area contributed by atoms with Gasteiger partial charge in [0.1, 0.15) is 5.78 Å². The molecule has 0 saturated heterocycles. The highest BCUT2D eigenvalue weighted by atomic mass is 16.4. The van der Waals surface area contributed by atoms with Crippen LogP contribution in [-0.4, -0.2) is 16.9 Å². The van der Waals surface area contributed by atoms with Gasteiger partial charge in [-0.1, -0.05) is 44.9 Å². The molecule has 0 aromatic rings. The van der Waals surface area contributed by atoms with Gasteiger partial charge >= 0.3 is 5.97 Å². The Morgan fingerprint density at radius 1 is 1.24 bits per heavy atom. The third kappa shape index (κ3) is 5.85. The van der Waals surface area contributed by atoms with Crippen LogP contribution in [0.1, 0.15) is 64.7 Å². The molecule has 0 heterocycles. The maximum absolute atomic E-state index is 11.0. The van der Waals surface area contributed by atoms with E-state index in [1.54, 1.807) is 0 Å². The van der Waals surface area contributed by atoms with Crippen molar-refractivity contribution in [2.75, 3.05) is 0 Å². The lowest BCUT2D eigenvalue weighted by atomic mass is 9.84. The number of carboxylic acid groups (broad SMARTS) is 1. The van der Waals surface area contributed by atoms with Crippen LogP contribution in [0.15, 0.2) is 0 Å². The lowest BCUT2D eigenvalue weighted by Gasteiger charge is -2.21. The number of carbonyl (C=O) groups is 2. The number of aliphatic carboxylic acids is 1. The zero-order chi connectivity index (χ0) is 12.7. The molecule has 1 rings (SSSR count). The van der Waals surface area contributed by atoms with Gasteiger partial charge in [-0.3, -0.25) is 4.79 Å². The van der Waals surface area contributed by atoms with Crippen LogP contribution in [0.3, 0.4) is 0 Å². The summed E-state index contributed by atoms with van der Waals surface area (Å²) in [5.41, 5.74) is 0. The van der Waals surface area contributed by atoms with Gasteiger partial charge in [0.25, 0.3) is 0 Å². The lowest BCUT2D eigenvalue weighted by Crippen LogP contribution is -2.17. The van der Waals surface area contributed by atoms with Crippen LogP contribution in [0.4, 0.5) is 0 Å². The fraction of sp³-hybridized carbons (Fsp3) is 0.857. The van der Waals surface area contributed by atoms with Crippen molar-refractivity contribution in [2.24, 2.45) is 11.8 Å². The summed E-state index contributed by atoms with van der Waals surface area (Å²) in [6, 6.07) is 0. The second kappa shape index (κ2) is 7.46. The number of hydrogen-bond donors (Lipinski definition) is 1. The van der Waals surface area contributed by atoms with E-state index >= 15 is 0 Å². The van der Waals surface area contributed by atoms with Gasteiger partial charge in [0.15, 0.2) is 0 Å². The van der Waals surface area contributed by atoms with E-state index in [4.69, 9.17) is 5.11 Å². The normalized spacial score (nSPS) is 18.9. The largest absolute Gasteiger partial charge is 0.481 e. The minimum Gasteiger partial charge on any atom is -0.481 e. The zero-order valence-corrected chi connectivity index (χ0v) is 10.8. The van der Waals surface area contributed by atoms with E-state index in [0.717, 1.165) is 18.8 Å². The molecular weight excluding hydrogens is 216 g/mol. The average molecular weight is 240 g/mol. The van der Waals surface area contributed by atoms with Crippen LogP contribution >= 0.6 is 0 Å². The smallest absolute Gasteiger partial charge is 0.306 e. The fourth-order valence-electron chi connectivity index (χ4n) is 2.79. The molecule has 17 heavy (non-hydrogen) atoms. The van der Waals surface area contributed by atoms with Crippen LogP contribution in [0.2, 0.25) is 0 Å². The van der Waals surface area contributed by atoms with Crippen molar-refractivity contribution < 1.29 is 14.7 Å². The molecule has 1 aliphatic carbocycles. The van der Waals surface area contributed by atoms with Gasteiger partial charge in [-0.15, -0.1) is 0 Å². The monoisotopic (exact) mass is 240 g/mol. The number of ketones is 1. The maximum atomic E-state index is 11.0. The van der Waals surface area contributed by atoms with Crippen molar-refractivity contribution in [3.63, 3.8) is 0 Å². The van der Waals surface area contributed by atoms with Gasteiger partial charge in [-0.05, 0) is 19.3 Å². The highest BCUT2D eigenvalue weighted by molar-refractivity contribution is 5.81. The second-order valence-corrected chi connectivity index (χ2v) is 5.38. The summed E-state index contributed by atoms with van der Waals surface area (Å²) in [6.07, 6.45) is 9.59. The standard InChI is InChI=1S/C14H24O3/c1-11(15)10-13(14(16)17)9-5-8-12-6-3-2-4-7-12/h12-13H,2-10H2,1H3,(H,16,17)/t13-/m1/s1. The third-order valence-corrected chi connectivity index (χ3v) is 3.77. The molecule has 1 aliphatic rings. The van der Waals surface area contributed by atoms with Crippen LogP contribution in [-0.2, 0) is 9.59 Å². The van der Waals surface area contributed by atoms with Gasteiger partial charge in [0, 0.05) is 6.42 Å². The van der Waals surface area contributed by atoms with Gasteiger partial charge in [-0.2, -0.15) is 0 Å². The Bertz CT molecular complexity index is 254. The second-order valence-electron chi connectivity index (χ2n) is 5.38. The molecule has 0 radical (unpaired) electrons. The van der Waals surface area contributed by atoms with Crippen molar-refractivity contribution in [3.8, 4) is 0 Å². The maximum Gasteiger partial charge on any atom is 0.306 e. The summed E-state index contributed by atoms with van der Waals surface area (Å²) in [5.74, 6) is -0.495. The number of Topliss-reactive ketones (excluding diaryl/α,β-unsaturated/α-hetero) is 1. The Labute approximate surface area is 104 Å². The summed E-state index contributed by atoms with van der Waals surface area (Å²) in [4.78, 5) is 21.9. The van der Waals surface area contributed by atoms with E-state index < -0.39 is 11.9 Å². The van der Waals surface area contributed by atoms with Crippen molar-refractivity contribution >= 4 is 11.8 Å². The molecule has 0 bridgehead atoms. The zero-order valence-electron chi connectivity index (χ0n) is 10.8. The van der Waals surface area contributed by atoms with E-state index in [-0.39, 0.29) is 12.2 Å². The molecule has 0 unspecified atom stereocenters. The molecule has 1 N–H and O–H groups in total. The van der Waals surface area contributed by atoms with Crippen LogP contribution in [0, 0.1) is 11.8 Å². The Kier molecular flexibility index (Phi) is 6.23. The Hall–Kier alpha value is -0.860. The molecule has 0 aliphatic heterocycles. The number of hydrogen-bond acceptors (Lipinski definition) is 2.